The number of hydrogen-bond donors (Lipinski definition) is 2. The molecule has 1 aromatic rings. The lowest BCUT2D eigenvalue weighted by Crippen LogP contribution is -2.30. The van der Waals surface area contributed by atoms with Gasteiger partial charge in [0, 0.05) is 25.6 Å². The molecule has 2 N–H and O–H groups in total. The van der Waals surface area contributed by atoms with Crippen molar-refractivity contribution in [1.29, 1.82) is 0 Å². The van der Waals surface area contributed by atoms with Crippen LogP contribution in [0.4, 0.5) is 0 Å². The van der Waals surface area contributed by atoms with E-state index in [9.17, 15) is 18.0 Å². The summed E-state index contributed by atoms with van der Waals surface area (Å²) in [7, 11) is -3.45. The van der Waals surface area contributed by atoms with E-state index in [4.69, 9.17) is 5.11 Å². The van der Waals surface area contributed by atoms with Crippen molar-refractivity contribution < 1.29 is 23.1 Å². The molecule has 2 fully saturated rings. The van der Waals surface area contributed by atoms with Crippen molar-refractivity contribution >= 4 is 21.9 Å². The van der Waals surface area contributed by atoms with Crippen LogP contribution in [0.15, 0.2) is 29.2 Å². The maximum atomic E-state index is 12.2. The van der Waals surface area contributed by atoms with Crippen molar-refractivity contribution in [2.75, 3.05) is 13.1 Å². The van der Waals surface area contributed by atoms with E-state index in [0.717, 1.165) is 18.4 Å². The third-order valence-corrected chi connectivity index (χ3v) is 6.19. The summed E-state index contributed by atoms with van der Waals surface area (Å²) in [6, 6.07) is 6.62. The number of hydrogen-bond acceptors (Lipinski definition) is 4. The first-order chi connectivity index (χ1) is 11.8. The molecular formula is C17H22N2O5S. The lowest BCUT2D eigenvalue weighted by molar-refractivity contribution is -0.141. The number of aryl methyl sites for hydroxylation is 1. The van der Waals surface area contributed by atoms with E-state index in [0.29, 0.717) is 25.8 Å². The minimum atomic E-state index is -3.45. The van der Waals surface area contributed by atoms with Gasteiger partial charge in [0.15, 0.2) is 0 Å². The van der Waals surface area contributed by atoms with Gasteiger partial charge in [-0.1, -0.05) is 12.1 Å². The summed E-state index contributed by atoms with van der Waals surface area (Å²) >= 11 is 0. The third-order valence-electron chi connectivity index (χ3n) is 4.65. The van der Waals surface area contributed by atoms with Crippen molar-refractivity contribution in [2.45, 2.75) is 43.0 Å². The normalized spacial score (nSPS) is 20.6. The Morgan fingerprint density at radius 1 is 1.16 bits per heavy atom. The van der Waals surface area contributed by atoms with Crippen LogP contribution in [-0.2, 0) is 26.0 Å². The summed E-state index contributed by atoms with van der Waals surface area (Å²) < 4.78 is 26.8. The standard InChI is InChI=1S/C17H22N2O5S/c20-16(19-10-9-13(11-19)17(21)22)8-3-12-1-6-15(7-2-12)25(23,24)18-14-4-5-14/h1-2,6-7,13-14,18H,3-5,8-11H2,(H,21,22). The van der Waals surface area contributed by atoms with Crippen LogP contribution in [0.5, 0.6) is 0 Å². The summed E-state index contributed by atoms with van der Waals surface area (Å²) in [6.45, 7) is 0.762. The zero-order chi connectivity index (χ0) is 18.0. The first kappa shape index (κ1) is 17.9. The highest BCUT2D eigenvalue weighted by Crippen LogP contribution is 2.22. The predicted molar refractivity (Wildman–Crippen MR) is 90.4 cm³/mol. The van der Waals surface area contributed by atoms with Gasteiger partial charge in [0.25, 0.3) is 0 Å². The first-order valence-corrected chi connectivity index (χ1v) is 9.95. The Kier molecular flexibility index (Phi) is 5.10. The molecule has 25 heavy (non-hydrogen) atoms. The molecule has 8 heteroatoms. The smallest absolute Gasteiger partial charge is 0.308 e. The number of aliphatic carboxylic acids is 1. The summed E-state index contributed by atoms with van der Waals surface area (Å²) in [6.07, 6.45) is 3.07. The largest absolute Gasteiger partial charge is 0.481 e. The number of carboxylic acids is 1. The van der Waals surface area contributed by atoms with Crippen LogP contribution in [0, 0.1) is 5.92 Å². The summed E-state index contributed by atoms with van der Waals surface area (Å²) in [5, 5.41) is 8.98. The van der Waals surface area contributed by atoms with Crippen molar-refractivity contribution in [1.82, 2.24) is 9.62 Å². The van der Waals surface area contributed by atoms with Gasteiger partial charge in [-0.3, -0.25) is 9.59 Å². The minimum Gasteiger partial charge on any atom is -0.481 e. The average molecular weight is 366 g/mol. The number of benzene rings is 1. The molecule has 1 aliphatic carbocycles. The highest BCUT2D eigenvalue weighted by atomic mass is 32.2. The van der Waals surface area contributed by atoms with Gasteiger partial charge in [-0.2, -0.15) is 0 Å². The second-order valence-corrected chi connectivity index (χ2v) is 8.42. The number of nitrogens with one attached hydrogen (secondary N) is 1. The number of sulfonamides is 1. The van der Waals surface area contributed by atoms with Gasteiger partial charge in [0.2, 0.25) is 15.9 Å². The Hall–Kier alpha value is -1.93. The summed E-state index contributed by atoms with van der Waals surface area (Å²) in [5.74, 6) is -1.38. The van der Waals surface area contributed by atoms with Crippen molar-refractivity contribution in [3.05, 3.63) is 29.8 Å². The van der Waals surface area contributed by atoms with Crippen LogP contribution in [0.1, 0.15) is 31.2 Å². The maximum Gasteiger partial charge on any atom is 0.308 e. The molecule has 3 rings (SSSR count). The lowest BCUT2D eigenvalue weighted by Gasteiger charge is -2.15. The van der Waals surface area contributed by atoms with E-state index in [1.54, 1.807) is 29.2 Å². The monoisotopic (exact) mass is 366 g/mol. The molecule has 1 amide bonds. The number of carbonyl (C=O) groups excluding carboxylic acids is 1. The van der Waals surface area contributed by atoms with Crippen LogP contribution < -0.4 is 4.72 Å². The van der Waals surface area contributed by atoms with Gasteiger partial charge in [-0.15, -0.1) is 0 Å². The SMILES string of the molecule is O=C(O)C1CCN(C(=O)CCc2ccc(S(=O)(=O)NC3CC3)cc2)C1. The topological polar surface area (TPSA) is 104 Å². The zero-order valence-electron chi connectivity index (χ0n) is 13.8. The quantitative estimate of drug-likeness (QED) is 0.749. The fourth-order valence-electron chi connectivity index (χ4n) is 2.92. The van der Waals surface area contributed by atoms with Crippen molar-refractivity contribution in [3.63, 3.8) is 0 Å². The molecule has 1 heterocycles. The molecular weight excluding hydrogens is 344 g/mol. The highest BCUT2D eigenvalue weighted by Gasteiger charge is 2.30. The molecule has 136 valence electrons. The van der Waals surface area contributed by atoms with Crippen LogP contribution in [0.2, 0.25) is 0 Å². The predicted octanol–water partition coefficient (Wildman–Crippen LogP) is 0.993. The third kappa shape index (κ3) is 4.58. The van der Waals surface area contributed by atoms with Gasteiger partial charge in [0.1, 0.15) is 0 Å². The maximum absolute atomic E-state index is 12.2. The molecule has 7 nitrogen and oxygen atoms in total. The molecule has 1 aromatic carbocycles. The Morgan fingerprint density at radius 2 is 1.84 bits per heavy atom. The van der Waals surface area contributed by atoms with E-state index in [1.807, 2.05) is 0 Å². The van der Waals surface area contributed by atoms with Crippen molar-refractivity contribution in [2.24, 2.45) is 5.92 Å². The van der Waals surface area contributed by atoms with Crippen LogP contribution in [-0.4, -0.2) is 49.4 Å². The molecule has 0 bridgehead atoms. The number of rotatable bonds is 7. The Morgan fingerprint density at radius 3 is 2.40 bits per heavy atom. The minimum absolute atomic E-state index is 0.0594. The van der Waals surface area contributed by atoms with E-state index >= 15 is 0 Å². The molecule has 1 unspecified atom stereocenters. The molecule has 0 radical (unpaired) electrons. The van der Waals surface area contributed by atoms with Crippen LogP contribution in [0.25, 0.3) is 0 Å². The summed E-state index contributed by atoms with van der Waals surface area (Å²) in [4.78, 5) is 24.9. The second kappa shape index (κ2) is 7.13. The molecule has 1 atom stereocenters. The lowest BCUT2D eigenvalue weighted by atomic mass is 10.1. The number of carboxylic acid groups (broad SMARTS) is 1. The second-order valence-electron chi connectivity index (χ2n) is 6.70. The first-order valence-electron chi connectivity index (χ1n) is 8.47. The fourth-order valence-corrected chi connectivity index (χ4v) is 4.23. The number of carbonyl (C=O) groups is 2. The van der Waals surface area contributed by atoms with Gasteiger partial charge in [-0.05, 0) is 43.4 Å². The number of amides is 1. The van der Waals surface area contributed by atoms with E-state index in [-0.39, 0.29) is 23.4 Å². The summed E-state index contributed by atoms with van der Waals surface area (Å²) in [5.41, 5.74) is 0.882. The van der Waals surface area contributed by atoms with Gasteiger partial charge < -0.3 is 10.0 Å². The molecule has 1 saturated carbocycles. The van der Waals surface area contributed by atoms with Crippen molar-refractivity contribution in [3.8, 4) is 0 Å². The highest BCUT2D eigenvalue weighted by molar-refractivity contribution is 7.89. The van der Waals surface area contributed by atoms with E-state index < -0.39 is 21.9 Å². The van der Waals surface area contributed by atoms with Gasteiger partial charge in [0.05, 0.1) is 10.8 Å². The average Bonchev–Trinajstić information content (AvgIpc) is 3.23. The Balaban J connectivity index is 1.52. The molecule has 1 aliphatic heterocycles. The van der Waals surface area contributed by atoms with Crippen LogP contribution in [0.3, 0.4) is 0 Å². The van der Waals surface area contributed by atoms with Gasteiger partial charge >= 0.3 is 5.97 Å². The Bertz CT molecular complexity index is 756. The fraction of sp³-hybridized carbons (Fsp3) is 0.529. The number of nitrogens with zero attached hydrogens (tertiary/aromatic N) is 1. The zero-order valence-corrected chi connectivity index (χ0v) is 14.7. The van der Waals surface area contributed by atoms with Gasteiger partial charge in [-0.25, -0.2) is 13.1 Å². The molecule has 2 aliphatic rings. The van der Waals surface area contributed by atoms with Crippen LogP contribution >= 0.6 is 0 Å². The van der Waals surface area contributed by atoms with E-state index in [2.05, 4.69) is 4.72 Å². The molecule has 1 saturated heterocycles. The molecule has 0 aromatic heterocycles. The Labute approximate surface area is 147 Å². The molecule has 0 spiro atoms. The van der Waals surface area contributed by atoms with E-state index in [1.165, 1.54) is 0 Å². The number of likely N-dealkylation sites (tertiary alicyclic amines) is 1.